The number of ether oxygens (including phenoxy) is 1. The van der Waals surface area contributed by atoms with Gasteiger partial charge >= 0.3 is 5.97 Å². The summed E-state index contributed by atoms with van der Waals surface area (Å²) in [4.78, 5) is 11.9. The predicted molar refractivity (Wildman–Crippen MR) is 101 cm³/mol. The highest BCUT2D eigenvalue weighted by Gasteiger charge is 2.20. The molecule has 1 aromatic heterocycles. The van der Waals surface area contributed by atoms with Crippen molar-refractivity contribution in [2.75, 3.05) is 6.61 Å². The lowest BCUT2D eigenvalue weighted by Gasteiger charge is -2.13. The molecule has 0 radical (unpaired) electrons. The maximum absolute atomic E-state index is 11.9. The van der Waals surface area contributed by atoms with Crippen molar-refractivity contribution in [1.29, 1.82) is 0 Å². The zero-order chi connectivity index (χ0) is 16.4. The fourth-order valence-electron chi connectivity index (χ4n) is 2.63. The first-order valence-corrected chi connectivity index (χ1v) is 8.78. The highest BCUT2D eigenvalue weighted by Crippen LogP contribution is 2.31. The Kier molecular flexibility index (Phi) is 4.68. The van der Waals surface area contributed by atoms with Crippen LogP contribution in [0, 0.1) is 0 Å². The van der Waals surface area contributed by atoms with Gasteiger partial charge in [-0.2, -0.15) is 0 Å². The van der Waals surface area contributed by atoms with E-state index in [9.17, 15) is 4.79 Å². The Bertz CT molecular complexity index is 832. The summed E-state index contributed by atoms with van der Waals surface area (Å²) in [5, 5.41) is 1.99. The Balaban J connectivity index is 2.04. The van der Waals surface area contributed by atoms with E-state index < -0.39 is 0 Å². The zero-order valence-corrected chi connectivity index (χ0v) is 14.6. The molecule has 23 heavy (non-hydrogen) atoms. The van der Waals surface area contributed by atoms with Crippen molar-refractivity contribution in [3.8, 4) is 0 Å². The second-order valence-electron chi connectivity index (χ2n) is 5.15. The molecule has 0 aliphatic rings. The highest BCUT2D eigenvalue weighted by atomic mass is 32.2. The number of thioether (sulfide) groups is 1. The van der Waals surface area contributed by atoms with Gasteiger partial charge in [-0.05, 0) is 26.0 Å². The van der Waals surface area contributed by atoms with Crippen LogP contribution in [0.15, 0.2) is 48.5 Å². The lowest BCUT2D eigenvalue weighted by atomic mass is 10.2. The Morgan fingerprint density at radius 1 is 1.13 bits per heavy atom. The smallest absolute Gasteiger partial charge is 0.319 e. The van der Waals surface area contributed by atoms with Crippen LogP contribution in [-0.4, -0.2) is 26.7 Å². The summed E-state index contributed by atoms with van der Waals surface area (Å²) in [6.45, 7) is 4.01. The number of aromatic nitrogens is 1. The molecular weight excluding hydrogens is 326 g/mol. The summed E-state index contributed by atoms with van der Waals surface area (Å²) in [6.07, 6.45) is 0. The van der Waals surface area contributed by atoms with Crippen LogP contribution in [0.5, 0.6) is 0 Å². The molecule has 0 saturated carbocycles. The summed E-state index contributed by atoms with van der Waals surface area (Å²) < 4.78 is 7.77. The first-order valence-electron chi connectivity index (χ1n) is 7.49. The number of nitrogens with zero attached hydrogens (tertiary/aromatic N) is 1. The number of carbonyl (C=O) groups excluding carboxylic acids is 1. The predicted octanol–water partition coefficient (Wildman–Crippen LogP) is 4.61. The standard InChI is InChI=1S/C18H17NO2S2/c1-3-21-17(20)12(2)23-18(22)19-15-10-6-4-8-13(15)14-9-5-7-11-16(14)19/h4-12H,3H2,1-2H3. The number of rotatable bonds is 3. The number of benzene rings is 2. The fourth-order valence-corrected chi connectivity index (χ4v) is 4.03. The van der Waals surface area contributed by atoms with E-state index in [-0.39, 0.29) is 11.2 Å². The van der Waals surface area contributed by atoms with E-state index in [1.54, 1.807) is 6.92 Å². The Morgan fingerprint density at radius 3 is 2.17 bits per heavy atom. The van der Waals surface area contributed by atoms with Gasteiger partial charge in [0.2, 0.25) is 0 Å². The highest BCUT2D eigenvalue weighted by molar-refractivity contribution is 8.23. The van der Waals surface area contributed by atoms with Crippen molar-refractivity contribution in [1.82, 2.24) is 4.57 Å². The molecule has 0 spiro atoms. The van der Waals surface area contributed by atoms with E-state index in [2.05, 4.69) is 24.3 Å². The van der Waals surface area contributed by atoms with Crippen molar-refractivity contribution < 1.29 is 9.53 Å². The molecule has 2 aromatic carbocycles. The molecule has 0 saturated heterocycles. The molecule has 0 amide bonds. The number of hydrogen-bond donors (Lipinski definition) is 0. The molecule has 118 valence electrons. The van der Waals surface area contributed by atoms with Gasteiger partial charge in [-0.15, -0.1) is 0 Å². The molecule has 5 heteroatoms. The number of thiocarbonyl (C=S) groups is 1. The largest absolute Gasteiger partial charge is 0.465 e. The third-order valence-electron chi connectivity index (χ3n) is 3.66. The first-order chi connectivity index (χ1) is 11.1. The third-order valence-corrected chi connectivity index (χ3v) is 5.06. The van der Waals surface area contributed by atoms with Crippen LogP contribution in [0.2, 0.25) is 0 Å². The molecule has 1 unspecified atom stereocenters. The number of carbonyl (C=O) groups is 1. The lowest BCUT2D eigenvalue weighted by molar-refractivity contribution is -0.142. The summed E-state index contributed by atoms with van der Waals surface area (Å²) in [6, 6.07) is 16.3. The molecule has 3 rings (SSSR count). The quantitative estimate of drug-likeness (QED) is 0.513. The van der Waals surface area contributed by atoms with Crippen molar-refractivity contribution in [2.45, 2.75) is 19.1 Å². The van der Waals surface area contributed by atoms with Crippen LogP contribution in [0.4, 0.5) is 0 Å². The zero-order valence-electron chi connectivity index (χ0n) is 13.0. The van der Waals surface area contributed by atoms with Crippen LogP contribution in [-0.2, 0) is 9.53 Å². The van der Waals surface area contributed by atoms with Crippen LogP contribution in [0.1, 0.15) is 13.8 Å². The van der Waals surface area contributed by atoms with Gasteiger partial charge < -0.3 is 4.74 Å². The molecule has 1 atom stereocenters. The molecule has 3 nitrogen and oxygen atoms in total. The molecule has 3 aromatic rings. The second kappa shape index (κ2) is 6.72. The number of esters is 1. The minimum Gasteiger partial charge on any atom is -0.465 e. The minimum absolute atomic E-state index is 0.236. The topological polar surface area (TPSA) is 31.2 Å². The molecule has 0 N–H and O–H groups in total. The van der Waals surface area contributed by atoms with E-state index in [1.807, 2.05) is 35.8 Å². The van der Waals surface area contributed by atoms with Crippen LogP contribution < -0.4 is 0 Å². The molecule has 0 aliphatic carbocycles. The van der Waals surface area contributed by atoms with Gasteiger partial charge in [0.1, 0.15) is 9.57 Å². The van der Waals surface area contributed by atoms with Crippen molar-refractivity contribution in [3.63, 3.8) is 0 Å². The van der Waals surface area contributed by atoms with Gasteiger partial charge in [-0.1, -0.05) is 60.4 Å². The monoisotopic (exact) mass is 343 g/mol. The molecular formula is C18H17NO2S2. The summed E-state index contributed by atoms with van der Waals surface area (Å²) in [5.41, 5.74) is 2.12. The van der Waals surface area contributed by atoms with Gasteiger partial charge in [0.05, 0.1) is 17.6 Å². The Hall–Kier alpha value is -1.85. The number of para-hydroxylation sites is 2. The van der Waals surface area contributed by atoms with Crippen LogP contribution in [0.3, 0.4) is 0 Å². The normalized spacial score (nSPS) is 12.4. The van der Waals surface area contributed by atoms with Gasteiger partial charge in [-0.25, -0.2) is 0 Å². The lowest BCUT2D eigenvalue weighted by Crippen LogP contribution is -2.20. The average Bonchev–Trinajstić information content (AvgIpc) is 2.89. The van der Waals surface area contributed by atoms with Crippen molar-refractivity contribution in [3.05, 3.63) is 48.5 Å². The minimum atomic E-state index is -0.331. The van der Waals surface area contributed by atoms with Gasteiger partial charge in [0, 0.05) is 10.8 Å². The van der Waals surface area contributed by atoms with Crippen molar-refractivity contribution in [2.24, 2.45) is 0 Å². The van der Waals surface area contributed by atoms with Crippen molar-refractivity contribution >= 4 is 56.1 Å². The second-order valence-corrected chi connectivity index (χ2v) is 7.12. The fraction of sp³-hybridized carbons (Fsp3) is 0.222. The van der Waals surface area contributed by atoms with Crippen LogP contribution in [0.25, 0.3) is 21.8 Å². The maximum atomic E-state index is 11.9. The Labute approximate surface area is 144 Å². The van der Waals surface area contributed by atoms with Gasteiger partial charge in [0.25, 0.3) is 0 Å². The third kappa shape index (κ3) is 2.99. The molecule has 0 bridgehead atoms. The first kappa shape index (κ1) is 16.0. The summed E-state index contributed by atoms with van der Waals surface area (Å²) >= 11 is 6.98. The van der Waals surface area contributed by atoms with Gasteiger partial charge in [-0.3, -0.25) is 9.36 Å². The molecule has 0 fully saturated rings. The van der Waals surface area contributed by atoms with Gasteiger partial charge in [0.15, 0.2) is 0 Å². The summed E-state index contributed by atoms with van der Waals surface area (Å²) in [7, 11) is 0. The van der Waals surface area contributed by atoms with E-state index in [4.69, 9.17) is 17.0 Å². The van der Waals surface area contributed by atoms with E-state index in [0.29, 0.717) is 10.9 Å². The SMILES string of the molecule is CCOC(=O)C(C)SC(=S)n1c2ccccc2c2ccccc21. The van der Waals surface area contributed by atoms with E-state index in [0.717, 1.165) is 21.8 Å². The molecule has 0 aliphatic heterocycles. The molecule has 1 heterocycles. The summed E-state index contributed by atoms with van der Waals surface area (Å²) in [5.74, 6) is -0.236. The number of fused-ring (bicyclic) bond motifs is 3. The Morgan fingerprint density at radius 2 is 1.65 bits per heavy atom. The maximum Gasteiger partial charge on any atom is 0.319 e. The average molecular weight is 343 g/mol. The van der Waals surface area contributed by atoms with E-state index in [1.165, 1.54) is 11.8 Å². The van der Waals surface area contributed by atoms with E-state index >= 15 is 0 Å². The number of hydrogen-bond acceptors (Lipinski definition) is 4. The van der Waals surface area contributed by atoms with Crippen LogP contribution >= 0.6 is 24.0 Å².